The van der Waals surface area contributed by atoms with Crippen molar-refractivity contribution < 1.29 is 13.8 Å². The van der Waals surface area contributed by atoms with E-state index in [1.54, 1.807) is 6.20 Å². The molecule has 0 saturated heterocycles. The molecule has 4 aromatic rings. The van der Waals surface area contributed by atoms with Crippen molar-refractivity contribution in [2.24, 2.45) is 17.8 Å². The summed E-state index contributed by atoms with van der Waals surface area (Å²) in [5, 5.41) is 8.87. The molecule has 0 radical (unpaired) electrons. The van der Waals surface area contributed by atoms with Crippen LogP contribution in [0.15, 0.2) is 56.4 Å². The van der Waals surface area contributed by atoms with Gasteiger partial charge in [0.25, 0.3) is 0 Å². The van der Waals surface area contributed by atoms with Crippen molar-refractivity contribution in [3.63, 3.8) is 0 Å². The van der Waals surface area contributed by atoms with Crippen molar-refractivity contribution in [1.29, 1.82) is 0 Å². The summed E-state index contributed by atoms with van der Waals surface area (Å²) in [5.74, 6) is 3.32. The van der Waals surface area contributed by atoms with Crippen LogP contribution >= 0.6 is 11.6 Å². The highest BCUT2D eigenvalue weighted by atomic mass is 35.5. The minimum atomic E-state index is -0.557. The van der Waals surface area contributed by atoms with E-state index < -0.39 is 5.76 Å². The van der Waals surface area contributed by atoms with Gasteiger partial charge < -0.3 is 9.26 Å². The van der Waals surface area contributed by atoms with E-state index in [1.165, 1.54) is 0 Å². The molecule has 3 heterocycles. The molecule has 4 saturated carbocycles. The molecular formula is C29H27ClN4O4. The van der Waals surface area contributed by atoms with Gasteiger partial charge in [-0.2, -0.15) is 0 Å². The summed E-state index contributed by atoms with van der Waals surface area (Å²) in [5.41, 5.74) is 4.91. The quantitative estimate of drug-likeness (QED) is 0.317. The van der Waals surface area contributed by atoms with Crippen LogP contribution in [-0.2, 0) is 16.8 Å². The molecule has 1 N–H and O–H groups in total. The largest absolute Gasteiger partial charge is 0.439 e. The summed E-state index contributed by atoms with van der Waals surface area (Å²) in [6.45, 7) is 0.517. The van der Waals surface area contributed by atoms with Gasteiger partial charge in [-0.3, -0.25) is 14.5 Å². The van der Waals surface area contributed by atoms with Crippen LogP contribution in [0, 0.1) is 17.8 Å². The summed E-state index contributed by atoms with van der Waals surface area (Å²) in [7, 11) is 0. The molecule has 4 aliphatic rings. The van der Waals surface area contributed by atoms with Crippen LogP contribution in [0.3, 0.4) is 0 Å². The van der Waals surface area contributed by atoms with Crippen LogP contribution in [-0.4, -0.2) is 26.4 Å². The van der Waals surface area contributed by atoms with E-state index in [-0.39, 0.29) is 11.5 Å². The maximum absolute atomic E-state index is 11.3. The number of aromatic nitrogens is 4. The Morgan fingerprint density at radius 3 is 2.55 bits per heavy atom. The van der Waals surface area contributed by atoms with Crippen molar-refractivity contribution in [2.75, 3.05) is 0 Å². The van der Waals surface area contributed by atoms with E-state index in [4.69, 9.17) is 25.8 Å². The normalized spacial score (nSPS) is 29.4. The molecule has 3 unspecified atom stereocenters. The lowest BCUT2D eigenvalue weighted by atomic mass is 9.34. The molecule has 0 amide bonds. The highest BCUT2D eigenvalue weighted by Crippen LogP contribution is 2.71. The number of H-pyrrole nitrogens is 1. The number of nitrogens with zero attached hydrogens (tertiary/aromatic N) is 3. The third-order valence-electron chi connectivity index (χ3n) is 9.38. The number of hydrogen-bond acceptors (Lipinski definition) is 7. The molecule has 38 heavy (non-hydrogen) atoms. The van der Waals surface area contributed by atoms with Crippen molar-refractivity contribution >= 4 is 11.6 Å². The number of pyridine rings is 1. The summed E-state index contributed by atoms with van der Waals surface area (Å²) >= 11 is 6.51. The van der Waals surface area contributed by atoms with Gasteiger partial charge in [0.2, 0.25) is 0 Å². The molecule has 194 valence electrons. The Hall–Kier alpha value is -3.23. The van der Waals surface area contributed by atoms with Crippen molar-refractivity contribution in [3.05, 3.63) is 75.2 Å². The molecule has 4 fully saturated rings. The zero-order valence-electron chi connectivity index (χ0n) is 20.7. The Kier molecular flexibility index (Phi) is 5.01. The summed E-state index contributed by atoms with van der Waals surface area (Å²) < 4.78 is 17.0. The fourth-order valence-electron chi connectivity index (χ4n) is 7.64. The van der Waals surface area contributed by atoms with Gasteiger partial charge in [-0.1, -0.05) is 40.1 Å². The first-order valence-corrected chi connectivity index (χ1v) is 13.8. The van der Waals surface area contributed by atoms with Gasteiger partial charge in [-0.15, -0.1) is 0 Å². The summed E-state index contributed by atoms with van der Waals surface area (Å²) in [4.78, 5) is 18.6. The number of aromatic amines is 1. The van der Waals surface area contributed by atoms with Gasteiger partial charge >= 0.3 is 5.76 Å². The van der Waals surface area contributed by atoms with Crippen LogP contribution in [0.4, 0.5) is 0 Å². The number of halogens is 1. The monoisotopic (exact) mass is 530 g/mol. The van der Waals surface area contributed by atoms with Crippen molar-refractivity contribution in [2.45, 2.75) is 62.6 Å². The Labute approximate surface area is 223 Å². The van der Waals surface area contributed by atoms with Crippen LogP contribution in [0.1, 0.15) is 61.5 Å². The second-order valence-corrected chi connectivity index (χ2v) is 11.9. The first kappa shape index (κ1) is 22.7. The molecule has 5 atom stereocenters. The molecule has 8 rings (SSSR count). The number of hydrogen-bond donors (Lipinski definition) is 1. The molecule has 0 aliphatic heterocycles. The molecule has 8 nitrogen and oxygen atoms in total. The topological polar surface area (TPSA) is 107 Å². The average molecular weight is 531 g/mol. The summed E-state index contributed by atoms with van der Waals surface area (Å²) in [6.07, 6.45) is 8.83. The minimum absolute atomic E-state index is 0.195. The van der Waals surface area contributed by atoms with E-state index >= 15 is 0 Å². The predicted molar refractivity (Wildman–Crippen MR) is 138 cm³/mol. The SMILES string of the molecule is O=c1[nH]c(-c2ccc(C34C[C@H]5CC(OCc6c(-c7ccccc7Cl)noc6C6CC6)C[C@@H](C3)C54)nc2)no1. The molecule has 3 aromatic heterocycles. The zero-order chi connectivity index (χ0) is 25.4. The van der Waals surface area contributed by atoms with Gasteiger partial charge in [0.05, 0.1) is 17.7 Å². The van der Waals surface area contributed by atoms with Gasteiger partial charge in [0.1, 0.15) is 11.5 Å². The van der Waals surface area contributed by atoms with E-state index in [9.17, 15) is 4.79 Å². The standard InChI is InChI=1S/C29H27ClN4O4/c30-22-4-2-1-3-20(22)25-21(26(37-33-25)15-5-6-15)14-36-19-9-17-11-29(12-18(10-19)24(17)29)23-8-7-16(13-31-23)27-32-28(35)38-34-27/h1-4,7-8,13,15,17-19,24H,5-6,9-12,14H2,(H,32,34,35)/t17-,18+,19?,24?,29?. The predicted octanol–water partition coefficient (Wildman–Crippen LogP) is 5.88. The lowest BCUT2D eigenvalue weighted by Gasteiger charge is -2.70. The highest BCUT2D eigenvalue weighted by molar-refractivity contribution is 6.33. The summed E-state index contributed by atoms with van der Waals surface area (Å²) in [6, 6.07) is 11.9. The fourth-order valence-corrected chi connectivity index (χ4v) is 7.86. The fraction of sp³-hybridized carbons (Fsp3) is 0.448. The van der Waals surface area contributed by atoms with Gasteiger partial charge in [0.15, 0.2) is 5.82 Å². The van der Waals surface area contributed by atoms with Gasteiger partial charge in [0, 0.05) is 39.9 Å². The smallest absolute Gasteiger partial charge is 0.373 e. The van der Waals surface area contributed by atoms with Crippen LogP contribution < -0.4 is 5.76 Å². The number of benzene rings is 1. The zero-order valence-corrected chi connectivity index (χ0v) is 21.5. The lowest BCUT2D eigenvalue weighted by molar-refractivity contribution is -0.190. The number of ether oxygens (including phenoxy) is 1. The van der Waals surface area contributed by atoms with E-state index in [0.29, 0.717) is 41.1 Å². The third-order valence-corrected chi connectivity index (χ3v) is 9.71. The van der Waals surface area contributed by atoms with Gasteiger partial charge in [-0.25, -0.2) is 4.79 Å². The molecule has 4 aliphatic carbocycles. The average Bonchev–Trinajstić information content (AvgIpc) is 3.51. The maximum Gasteiger partial charge on any atom is 0.439 e. The minimum Gasteiger partial charge on any atom is -0.373 e. The Bertz CT molecular complexity index is 1550. The Balaban J connectivity index is 0.958. The number of nitrogens with one attached hydrogen (secondary N) is 1. The second kappa shape index (κ2) is 8.38. The maximum atomic E-state index is 11.3. The van der Waals surface area contributed by atoms with E-state index in [2.05, 4.69) is 25.9 Å². The van der Waals surface area contributed by atoms with Gasteiger partial charge in [-0.05, 0) is 74.5 Å². The van der Waals surface area contributed by atoms with Crippen LogP contribution in [0.2, 0.25) is 5.02 Å². The van der Waals surface area contributed by atoms with Crippen molar-refractivity contribution in [1.82, 2.24) is 20.3 Å². The Morgan fingerprint density at radius 1 is 1.05 bits per heavy atom. The van der Waals surface area contributed by atoms with Crippen LogP contribution in [0.5, 0.6) is 0 Å². The first-order chi connectivity index (χ1) is 18.6. The van der Waals surface area contributed by atoms with E-state index in [1.807, 2.05) is 30.3 Å². The number of rotatable bonds is 7. The lowest BCUT2D eigenvalue weighted by Crippen LogP contribution is -2.67. The second-order valence-electron chi connectivity index (χ2n) is 11.5. The molecule has 0 spiro atoms. The Morgan fingerprint density at radius 2 is 1.87 bits per heavy atom. The van der Waals surface area contributed by atoms with E-state index in [0.717, 1.165) is 72.4 Å². The third kappa shape index (κ3) is 3.46. The molecule has 1 aromatic carbocycles. The van der Waals surface area contributed by atoms with Crippen LogP contribution in [0.25, 0.3) is 22.6 Å². The molecular weight excluding hydrogens is 504 g/mol. The van der Waals surface area contributed by atoms with Crippen molar-refractivity contribution in [3.8, 4) is 22.6 Å². The molecule has 9 heteroatoms. The molecule has 0 bridgehead atoms. The first-order valence-electron chi connectivity index (χ1n) is 13.5. The highest BCUT2D eigenvalue weighted by Gasteiger charge is 2.68.